The fourth-order valence-corrected chi connectivity index (χ4v) is 10.5. The van der Waals surface area contributed by atoms with Gasteiger partial charge in [-0.3, -0.25) is 0 Å². The Morgan fingerprint density at radius 1 is 0.493 bits per heavy atom. The normalized spacial score (nSPS) is 28.6. The van der Waals surface area contributed by atoms with E-state index < -0.39 is 73.8 Å². The molecule has 0 saturated carbocycles. The zero-order valence-corrected chi connectivity index (χ0v) is 41.3. The lowest BCUT2D eigenvalue weighted by Crippen LogP contribution is -2.55. The van der Waals surface area contributed by atoms with E-state index in [1.54, 1.807) is 30.3 Å². The number of ether oxygens (including phenoxy) is 7. The smallest absolute Gasteiger partial charge is 0.121 e. The van der Waals surface area contributed by atoms with Crippen molar-refractivity contribution in [2.75, 3.05) is 26.4 Å². The highest BCUT2D eigenvalue weighted by Crippen LogP contribution is 2.42. The van der Waals surface area contributed by atoms with Crippen LogP contribution in [0.15, 0.2) is 127 Å². The Labute approximate surface area is 432 Å². The molecule has 13 atom stereocenters. The summed E-state index contributed by atoms with van der Waals surface area (Å²) < 4.78 is 42.8. The van der Waals surface area contributed by atoms with Gasteiger partial charge in [-0.2, -0.15) is 0 Å². The largest absolute Gasteiger partial charge is 0.491 e. The lowest BCUT2D eigenvalue weighted by Gasteiger charge is -2.40. The molecule has 0 aromatic heterocycles. The molecule has 4 aliphatic heterocycles. The van der Waals surface area contributed by atoms with E-state index in [2.05, 4.69) is 12.1 Å². The van der Waals surface area contributed by atoms with Gasteiger partial charge in [-0.1, -0.05) is 102 Å². The van der Waals surface area contributed by atoms with Gasteiger partial charge >= 0.3 is 0 Å². The van der Waals surface area contributed by atoms with E-state index in [0.717, 1.165) is 44.7 Å². The summed E-state index contributed by atoms with van der Waals surface area (Å²) in [7, 11) is 0. The van der Waals surface area contributed by atoms with E-state index in [-0.39, 0.29) is 25.4 Å². The van der Waals surface area contributed by atoms with Gasteiger partial charge < -0.3 is 68.9 Å². The third kappa shape index (κ3) is 11.1. The monoisotopic (exact) mass is 1040 g/mol. The molecule has 4 heterocycles. The summed E-state index contributed by atoms with van der Waals surface area (Å²) in [5.41, 5.74) is 8.79. The van der Waals surface area contributed by atoms with Gasteiger partial charge in [-0.25, -0.2) is 0 Å². The molecular weight excluding hydrogens is 980 g/mol. The first-order valence-corrected chi connectivity index (χ1v) is 25.2. The fourth-order valence-electron chi connectivity index (χ4n) is 10.1. The first-order valence-electron chi connectivity index (χ1n) is 24.4. The quantitative estimate of drug-likeness (QED) is 0.0514. The van der Waals surface area contributed by atoms with Crippen LogP contribution in [0.1, 0.15) is 93.1 Å². The molecule has 2 saturated heterocycles. The standard InChI is InChI=1S/C57H58Cl2O14/c1-30-41-17-16-40(24-43(41)48(71-30)28-68-39-14-8-32(9-15-39)20-36-22-33(10-18-44(36)58)56-54(65)52(63)50(61)46(25-60)72-56)69-29-49-51(62)53(64)55(66)57(73-49)34-11-19-45(59)37(23-34)21-31-6-12-38(13-7-31)67-27-47-42-5-3-2-4-35(42)26-70-47/h2-19,22-24,30,46-57,60-66H,20-21,25-29H2,1H3/t30?,46-,47?,48?,49-,50-,51-,52+,53+,54-,55-,56+,57+/m1/s1. The van der Waals surface area contributed by atoms with E-state index in [0.29, 0.717) is 58.7 Å². The highest BCUT2D eigenvalue weighted by molar-refractivity contribution is 6.31. The van der Waals surface area contributed by atoms with Crippen molar-refractivity contribution in [3.8, 4) is 17.2 Å². The minimum atomic E-state index is -1.51. The molecule has 2 fully saturated rings. The second-order valence-corrected chi connectivity index (χ2v) is 20.0. The SMILES string of the molecule is CC1OC(COc2ccc(Cc3cc([C@@H]4O[C@H](CO)[C@@H](O)[C@H](O)[C@H]4O)ccc3Cl)cc2)c2cc(OC[C@H]3O[C@@H](c4ccc(Cl)c(Cc5ccc(OCC6OCc7ccccc76)cc5)c4)[C@H](O)[C@@H](O)[C@@H]3O)ccc21. The fraction of sp³-hybridized carbons (Fsp3) is 0.368. The molecular formula is C57H58Cl2O14. The van der Waals surface area contributed by atoms with E-state index in [1.165, 1.54) is 5.56 Å². The Bertz CT molecular complexity index is 2850. The Morgan fingerprint density at radius 2 is 1.01 bits per heavy atom. The zero-order valence-electron chi connectivity index (χ0n) is 39.8. The third-order valence-electron chi connectivity index (χ3n) is 14.3. The maximum atomic E-state index is 11.2. The second kappa shape index (κ2) is 22.4. The van der Waals surface area contributed by atoms with Crippen LogP contribution in [0, 0.1) is 0 Å². The summed E-state index contributed by atoms with van der Waals surface area (Å²) >= 11 is 13.3. The number of aliphatic hydroxyl groups excluding tert-OH is 7. The molecule has 73 heavy (non-hydrogen) atoms. The van der Waals surface area contributed by atoms with Crippen molar-refractivity contribution in [3.63, 3.8) is 0 Å². The molecule has 16 heteroatoms. The Balaban J connectivity index is 0.740. The molecule has 0 aliphatic carbocycles. The van der Waals surface area contributed by atoms with Gasteiger partial charge in [0.05, 0.1) is 19.3 Å². The van der Waals surface area contributed by atoms with E-state index >= 15 is 0 Å². The van der Waals surface area contributed by atoms with Crippen molar-refractivity contribution in [3.05, 3.63) is 193 Å². The first kappa shape index (κ1) is 51.4. The van der Waals surface area contributed by atoms with Crippen LogP contribution in [0.5, 0.6) is 17.2 Å². The summed E-state index contributed by atoms with van der Waals surface area (Å²) in [6.45, 7) is 2.50. The second-order valence-electron chi connectivity index (χ2n) is 19.1. The number of hydrogen-bond donors (Lipinski definition) is 7. The molecule has 10 rings (SSSR count). The van der Waals surface area contributed by atoms with Crippen LogP contribution < -0.4 is 14.2 Å². The molecule has 0 bridgehead atoms. The van der Waals surface area contributed by atoms with Crippen molar-refractivity contribution in [2.24, 2.45) is 0 Å². The Kier molecular flexibility index (Phi) is 15.7. The number of halogens is 2. The van der Waals surface area contributed by atoms with Gasteiger partial charge in [0, 0.05) is 10.0 Å². The number of aliphatic hydroxyl groups is 7. The van der Waals surface area contributed by atoms with Crippen molar-refractivity contribution in [1.82, 2.24) is 0 Å². The molecule has 6 aromatic rings. The topological polar surface area (TPSA) is 206 Å². The first-order chi connectivity index (χ1) is 35.3. The van der Waals surface area contributed by atoms with Gasteiger partial charge in [-0.05, 0) is 124 Å². The van der Waals surface area contributed by atoms with Crippen molar-refractivity contribution < 1.29 is 68.9 Å². The Morgan fingerprint density at radius 3 is 1.60 bits per heavy atom. The van der Waals surface area contributed by atoms with Gasteiger partial charge in [0.1, 0.15) is 110 Å². The molecule has 0 radical (unpaired) electrons. The molecule has 4 aliphatic rings. The average molecular weight is 1040 g/mol. The maximum absolute atomic E-state index is 11.2. The molecule has 3 unspecified atom stereocenters. The summed E-state index contributed by atoms with van der Waals surface area (Å²) in [4.78, 5) is 0. The van der Waals surface area contributed by atoms with Crippen LogP contribution in [0.25, 0.3) is 0 Å². The van der Waals surface area contributed by atoms with E-state index in [4.69, 9.17) is 56.4 Å². The predicted octanol–water partition coefficient (Wildman–Crippen LogP) is 7.15. The third-order valence-corrected chi connectivity index (χ3v) is 15.0. The van der Waals surface area contributed by atoms with Crippen molar-refractivity contribution >= 4 is 23.2 Å². The summed E-state index contributed by atoms with van der Waals surface area (Å²) in [6.07, 6.45) is -12.5. The molecule has 0 spiro atoms. The van der Waals surface area contributed by atoms with Gasteiger partial charge in [0.2, 0.25) is 0 Å². The molecule has 6 aromatic carbocycles. The lowest BCUT2D eigenvalue weighted by molar-refractivity contribution is -0.231. The molecule has 0 amide bonds. The number of hydrogen-bond acceptors (Lipinski definition) is 14. The van der Waals surface area contributed by atoms with Crippen LogP contribution in [-0.4, -0.2) is 111 Å². The average Bonchev–Trinajstić information content (AvgIpc) is 3.97. The van der Waals surface area contributed by atoms with Crippen LogP contribution in [-0.2, 0) is 38.4 Å². The van der Waals surface area contributed by atoms with Crippen LogP contribution >= 0.6 is 23.2 Å². The van der Waals surface area contributed by atoms with Crippen LogP contribution in [0.3, 0.4) is 0 Å². The minimum absolute atomic E-state index is 0.120. The highest BCUT2D eigenvalue weighted by atomic mass is 35.5. The van der Waals surface area contributed by atoms with Gasteiger partial charge in [-0.15, -0.1) is 0 Å². The minimum Gasteiger partial charge on any atom is -0.491 e. The summed E-state index contributed by atoms with van der Waals surface area (Å²) in [5.74, 6) is 1.83. The Hall–Kier alpha value is -5.14. The molecule has 384 valence electrons. The highest BCUT2D eigenvalue weighted by Gasteiger charge is 2.46. The molecule has 7 N–H and O–H groups in total. The van der Waals surface area contributed by atoms with Crippen molar-refractivity contribution in [1.29, 1.82) is 0 Å². The lowest BCUT2D eigenvalue weighted by atomic mass is 9.90. The van der Waals surface area contributed by atoms with Gasteiger partial charge in [0.25, 0.3) is 0 Å². The molecule has 14 nitrogen and oxygen atoms in total. The number of benzene rings is 6. The number of fused-ring (bicyclic) bond motifs is 2. The summed E-state index contributed by atoms with van der Waals surface area (Å²) in [6, 6.07) is 39.6. The number of rotatable bonds is 16. The van der Waals surface area contributed by atoms with Crippen LogP contribution in [0.4, 0.5) is 0 Å². The zero-order chi connectivity index (χ0) is 50.9. The predicted molar refractivity (Wildman–Crippen MR) is 269 cm³/mol. The van der Waals surface area contributed by atoms with Crippen molar-refractivity contribution in [2.45, 2.75) is 106 Å². The summed E-state index contributed by atoms with van der Waals surface area (Å²) in [5, 5.41) is 75.3. The maximum Gasteiger partial charge on any atom is 0.121 e. The van der Waals surface area contributed by atoms with Crippen LogP contribution in [0.2, 0.25) is 10.0 Å². The van der Waals surface area contributed by atoms with Gasteiger partial charge in [0.15, 0.2) is 0 Å². The van der Waals surface area contributed by atoms with E-state index in [1.807, 2.05) is 91.9 Å². The van der Waals surface area contributed by atoms with E-state index in [9.17, 15) is 35.7 Å².